The number of imide groups is 1. The summed E-state index contributed by atoms with van der Waals surface area (Å²) in [5.41, 5.74) is 0.419. The molecule has 5 nitrogen and oxygen atoms in total. The number of halogens is 4. The van der Waals surface area contributed by atoms with Crippen molar-refractivity contribution in [3.05, 3.63) is 80.4 Å². The van der Waals surface area contributed by atoms with Gasteiger partial charge < -0.3 is 5.32 Å². The average Bonchev–Trinajstić information content (AvgIpc) is 2.65. The van der Waals surface area contributed by atoms with Gasteiger partial charge in [0.25, 0.3) is 5.91 Å². The van der Waals surface area contributed by atoms with Crippen LogP contribution in [0.25, 0.3) is 0 Å². The van der Waals surface area contributed by atoms with Crippen LogP contribution in [0.3, 0.4) is 0 Å². The van der Waals surface area contributed by atoms with Gasteiger partial charge in [-0.2, -0.15) is 0 Å². The second kappa shape index (κ2) is 9.69. The predicted molar refractivity (Wildman–Crippen MR) is 118 cm³/mol. The Balaban J connectivity index is 1.62. The molecule has 0 unspecified atom stereocenters. The highest BCUT2D eigenvalue weighted by Crippen LogP contribution is 2.34. The molecule has 3 amide bonds. The summed E-state index contributed by atoms with van der Waals surface area (Å²) < 4.78 is 0. The molecule has 0 atom stereocenters. The Bertz CT molecular complexity index is 1060. The molecule has 2 N–H and O–H groups in total. The minimum atomic E-state index is -0.742. The first-order valence-electron chi connectivity index (χ1n) is 7.99. The smallest absolute Gasteiger partial charge is 0.306 e. The summed E-state index contributed by atoms with van der Waals surface area (Å²) in [5.74, 6) is -0.712. The van der Waals surface area contributed by atoms with Crippen molar-refractivity contribution in [2.24, 2.45) is 0 Å². The van der Waals surface area contributed by atoms with E-state index in [2.05, 4.69) is 15.6 Å². The third-order valence-corrected chi connectivity index (χ3v) is 5.84. The van der Waals surface area contributed by atoms with Crippen LogP contribution in [0.2, 0.25) is 20.1 Å². The first-order valence-corrected chi connectivity index (χ1v) is 10.3. The maximum absolute atomic E-state index is 12.2. The summed E-state index contributed by atoms with van der Waals surface area (Å²) in [4.78, 5) is 29.4. The predicted octanol–water partition coefficient (Wildman–Crippen LogP) is 6.81. The first kappa shape index (κ1) is 21.7. The summed E-state index contributed by atoms with van der Waals surface area (Å²) >= 11 is 25.3. The minimum Gasteiger partial charge on any atom is -0.306 e. The number of anilines is 1. The number of carbonyl (C=O) groups excluding carboxylic acids is 2. The largest absolute Gasteiger partial charge is 0.326 e. The minimum absolute atomic E-state index is 0.0238. The molecule has 0 radical (unpaired) electrons. The molecule has 0 aliphatic rings. The SMILES string of the molecule is O=C(NC(=O)c1c(Cl)cccc1Cl)Nc1ccc(Sc2ccc(Cl)cc2Cl)nc1. The van der Waals surface area contributed by atoms with Crippen LogP contribution >= 0.6 is 58.2 Å². The number of carbonyl (C=O) groups is 2. The monoisotopic (exact) mass is 485 g/mol. The fourth-order valence-electron chi connectivity index (χ4n) is 2.23. The number of nitrogens with zero attached hydrogens (tertiary/aromatic N) is 1. The van der Waals surface area contributed by atoms with Gasteiger partial charge in [0.15, 0.2) is 0 Å². The molecule has 0 aliphatic carbocycles. The van der Waals surface area contributed by atoms with E-state index < -0.39 is 11.9 Å². The third kappa shape index (κ3) is 5.78. The molecule has 0 aliphatic heterocycles. The third-order valence-electron chi connectivity index (χ3n) is 3.52. The quantitative estimate of drug-likeness (QED) is 0.425. The van der Waals surface area contributed by atoms with E-state index in [4.69, 9.17) is 46.4 Å². The van der Waals surface area contributed by atoms with Crippen LogP contribution < -0.4 is 10.6 Å². The number of rotatable bonds is 4. The molecule has 1 aromatic heterocycles. The second-order valence-electron chi connectivity index (χ2n) is 5.57. The normalized spacial score (nSPS) is 10.5. The van der Waals surface area contributed by atoms with Gasteiger partial charge in [-0.3, -0.25) is 10.1 Å². The zero-order valence-corrected chi connectivity index (χ0v) is 18.2. The Morgan fingerprint density at radius 3 is 2.24 bits per heavy atom. The number of aromatic nitrogens is 1. The lowest BCUT2D eigenvalue weighted by molar-refractivity contribution is 0.0967. The highest BCUT2D eigenvalue weighted by atomic mass is 35.5. The van der Waals surface area contributed by atoms with Gasteiger partial charge in [-0.1, -0.05) is 64.2 Å². The summed E-state index contributed by atoms with van der Waals surface area (Å²) in [5, 5.41) is 6.71. The van der Waals surface area contributed by atoms with Gasteiger partial charge in [0, 0.05) is 9.92 Å². The molecule has 0 spiro atoms. The van der Waals surface area contributed by atoms with Crippen LogP contribution in [0.15, 0.2) is 64.6 Å². The van der Waals surface area contributed by atoms with Crippen molar-refractivity contribution >= 4 is 75.8 Å². The molecule has 3 aromatic rings. The van der Waals surface area contributed by atoms with Crippen molar-refractivity contribution in [3.8, 4) is 0 Å². The summed E-state index contributed by atoms with van der Waals surface area (Å²) in [7, 11) is 0. The van der Waals surface area contributed by atoms with Crippen LogP contribution in [0.5, 0.6) is 0 Å². The number of hydrogen-bond acceptors (Lipinski definition) is 4. The zero-order chi connectivity index (χ0) is 21.0. The maximum atomic E-state index is 12.2. The Morgan fingerprint density at radius 1 is 0.897 bits per heavy atom. The molecule has 0 bridgehead atoms. The molecule has 3 rings (SSSR count). The number of pyridine rings is 1. The van der Waals surface area contributed by atoms with Gasteiger partial charge in [0.05, 0.1) is 32.5 Å². The highest BCUT2D eigenvalue weighted by molar-refractivity contribution is 7.99. The van der Waals surface area contributed by atoms with Gasteiger partial charge in [-0.05, 0) is 42.5 Å². The fraction of sp³-hybridized carbons (Fsp3) is 0. The lowest BCUT2D eigenvalue weighted by Gasteiger charge is -2.09. The highest BCUT2D eigenvalue weighted by Gasteiger charge is 2.17. The van der Waals surface area contributed by atoms with Crippen molar-refractivity contribution in [1.29, 1.82) is 0 Å². The number of urea groups is 1. The number of benzene rings is 2. The zero-order valence-electron chi connectivity index (χ0n) is 14.4. The second-order valence-corrected chi connectivity index (χ2v) is 8.29. The molecule has 2 aromatic carbocycles. The van der Waals surface area contributed by atoms with Gasteiger partial charge >= 0.3 is 6.03 Å². The molecule has 10 heteroatoms. The molecule has 148 valence electrons. The van der Waals surface area contributed by atoms with E-state index in [0.717, 1.165) is 4.90 Å². The van der Waals surface area contributed by atoms with Crippen LogP contribution in [0.4, 0.5) is 10.5 Å². The first-order chi connectivity index (χ1) is 13.8. The Kier molecular flexibility index (Phi) is 7.27. The van der Waals surface area contributed by atoms with Gasteiger partial charge in [-0.25, -0.2) is 9.78 Å². The molecule has 0 fully saturated rings. The lowest BCUT2D eigenvalue weighted by atomic mass is 10.2. The fourth-order valence-corrected chi connectivity index (χ4v) is 4.08. The van der Waals surface area contributed by atoms with Crippen LogP contribution in [-0.4, -0.2) is 16.9 Å². The summed E-state index contributed by atoms with van der Waals surface area (Å²) in [6, 6.07) is 12.4. The Labute approximate surface area is 190 Å². The standard InChI is InChI=1S/C19H11Cl4N3O2S/c20-10-4-6-15(14(23)8-10)29-16-7-5-11(9-24-16)25-19(28)26-18(27)17-12(21)2-1-3-13(17)22/h1-9H,(H2,25,26,27,28). The summed E-state index contributed by atoms with van der Waals surface area (Å²) in [6.45, 7) is 0. The van der Waals surface area contributed by atoms with E-state index in [1.165, 1.54) is 30.1 Å². The average molecular weight is 487 g/mol. The Morgan fingerprint density at radius 2 is 1.62 bits per heavy atom. The van der Waals surface area contributed by atoms with E-state index in [9.17, 15) is 9.59 Å². The van der Waals surface area contributed by atoms with Gasteiger partial charge in [0.2, 0.25) is 0 Å². The van der Waals surface area contributed by atoms with Crippen molar-refractivity contribution < 1.29 is 9.59 Å². The van der Waals surface area contributed by atoms with Gasteiger partial charge in [-0.15, -0.1) is 0 Å². The van der Waals surface area contributed by atoms with E-state index >= 15 is 0 Å². The van der Waals surface area contributed by atoms with E-state index in [1.54, 1.807) is 36.4 Å². The lowest BCUT2D eigenvalue weighted by Crippen LogP contribution is -2.34. The molecule has 0 saturated heterocycles. The number of nitrogens with one attached hydrogen (secondary N) is 2. The summed E-state index contributed by atoms with van der Waals surface area (Å²) in [6.07, 6.45) is 1.46. The van der Waals surface area contributed by atoms with Gasteiger partial charge in [0.1, 0.15) is 5.03 Å². The molecular weight excluding hydrogens is 476 g/mol. The number of amides is 3. The van der Waals surface area contributed by atoms with Crippen molar-refractivity contribution in [1.82, 2.24) is 10.3 Å². The number of hydrogen-bond donors (Lipinski definition) is 2. The topological polar surface area (TPSA) is 71.1 Å². The van der Waals surface area contributed by atoms with Crippen LogP contribution in [0, 0.1) is 0 Å². The molecule has 1 heterocycles. The van der Waals surface area contributed by atoms with Crippen molar-refractivity contribution in [2.75, 3.05) is 5.32 Å². The van der Waals surface area contributed by atoms with E-state index in [-0.39, 0.29) is 15.6 Å². The van der Waals surface area contributed by atoms with Crippen LogP contribution in [-0.2, 0) is 0 Å². The van der Waals surface area contributed by atoms with Crippen molar-refractivity contribution in [3.63, 3.8) is 0 Å². The molecule has 0 saturated carbocycles. The van der Waals surface area contributed by atoms with E-state index in [0.29, 0.717) is 20.8 Å². The molecular formula is C19H11Cl4N3O2S. The van der Waals surface area contributed by atoms with E-state index in [1.807, 2.05) is 0 Å². The maximum Gasteiger partial charge on any atom is 0.326 e. The van der Waals surface area contributed by atoms with Crippen molar-refractivity contribution in [2.45, 2.75) is 9.92 Å². The van der Waals surface area contributed by atoms with Crippen LogP contribution in [0.1, 0.15) is 10.4 Å². The molecule has 29 heavy (non-hydrogen) atoms. The Hall–Kier alpha value is -1.96.